The van der Waals surface area contributed by atoms with Crippen molar-refractivity contribution in [2.75, 3.05) is 5.88 Å². The summed E-state index contributed by atoms with van der Waals surface area (Å²) in [5, 5.41) is 9.10. The summed E-state index contributed by atoms with van der Waals surface area (Å²) in [6.07, 6.45) is 0. The number of carboxylic acids is 1. The second-order valence-electron chi connectivity index (χ2n) is 4.21. The molecule has 0 saturated heterocycles. The van der Waals surface area contributed by atoms with Crippen molar-refractivity contribution in [3.63, 3.8) is 0 Å². The molecule has 1 aromatic carbocycles. The van der Waals surface area contributed by atoms with Crippen molar-refractivity contribution in [2.24, 2.45) is 10.7 Å². The smallest absolute Gasteiger partial charge is 0.371 e. The average molecular weight is 343 g/mol. The zero-order chi connectivity index (χ0) is 16.1. The Morgan fingerprint density at radius 3 is 2.73 bits per heavy atom. The van der Waals surface area contributed by atoms with Gasteiger partial charge in [-0.25, -0.2) is 9.79 Å². The molecule has 1 aromatic heterocycles. The normalized spacial score (nSPS) is 11.5. The molecule has 0 aliphatic carbocycles. The molecular formula is C14H12Cl2N2O4. The van der Waals surface area contributed by atoms with E-state index in [1.54, 1.807) is 18.2 Å². The SMILES string of the molecule is NC(CCl)=Nc1ccc(OCc2ccc(C(=O)O)o2)c(Cl)c1. The lowest BCUT2D eigenvalue weighted by molar-refractivity contribution is 0.0658. The van der Waals surface area contributed by atoms with Crippen molar-refractivity contribution in [3.05, 3.63) is 46.9 Å². The predicted octanol–water partition coefficient (Wildman–Crippen LogP) is 3.44. The highest BCUT2D eigenvalue weighted by molar-refractivity contribution is 6.32. The van der Waals surface area contributed by atoms with Gasteiger partial charge in [0.15, 0.2) is 0 Å². The van der Waals surface area contributed by atoms with Crippen LogP contribution >= 0.6 is 23.2 Å². The van der Waals surface area contributed by atoms with E-state index in [9.17, 15) is 4.79 Å². The summed E-state index contributed by atoms with van der Waals surface area (Å²) in [4.78, 5) is 14.8. The van der Waals surface area contributed by atoms with Gasteiger partial charge in [-0.05, 0) is 30.3 Å². The van der Waals surface area contributed by atoms with E-state index in [-0.39, 0.29) is 24.1 Å². The lowest BCUT2D eigenvalue weighted by Crippen LogP contribution is -2.12. The number of rotatable bonds is 6. The molecule has 0 aliphatic heterocycles. The van der Waals surface area contributed by atoms with Crippen molar-refractivity contribution in [1.82, 2.24) is 0 Å². The Hall–Kier alpha value is -2.18. The molecule has 6 nitrogen and oxygen atoms in total. The van der Waals surface area contributed by atoms with Gasteiger partial charge < -0.3 is 20.0 Å². The minimum absolute atomic E-state index is 0.0550. The van der Waals surface area contributed by atoms with Crippen molar-refractivity contribution >= 4 is 40.7 Å². The zero-order valence-corrected chi connectivity index (χ0v) is 12.8. The van der Waals surface area contributed by atoms with Gasteiger partial charge in [-0.1, -0.05) is 11.6 Å². The molecule has 116 valence electrons. The largest absolute Gasteiger partial charge is 0.484 e. The summed E-state index contributed by atoms with van der Waals surface area (Å²) in [7, 11) is 0. The summed E-state index contributed by atoms with van der Waals surface area (Å²) >= 11 is 11.6. The number of carboxylic acid groups (broad SMARTS) is 1. The summed E-state index contributed by atoms with van der Waals surface area (Å²) in [5.74, 6) is -0.0851. The Bertz CT molecular complexity index is 713. The maximum atomic E-state index is 10.7. The highest BCUT2D eigenvalue weighted by atomic mass is 35.5. The number of benzene rings is 1. The van der Waals surface area contributed by atoms with Gasteiger partial charge in [0.2, 0.25) is 5.76 Å². The molecule has 0 amide bonds. The van der Waals surface area contributed by atoms with Gasteiger partial charge >= 0.3 is 5.97 Å². The number of hydrogen-bond donors (Lipinski definition) is 2. The highest BCUT2D eigenvalue weighted by Gasteiger charge is 2.10. The average Bonchev–Trinajstić information content (AvgIpc) is 2.95. The molecule has 0 unspecified atom stereocenters. The van der Waals surface area contributed by atoms with E-state index in [4.69, 9.17) is 43.2 Å². The second-order valence-corrected chi connectivity index (χ2v) is 4.89. The number of aliphatic imine (C=N–C) groups is 1. The van der Waals surface area contributed by atoms with Crippen LogP contribution in [0.4, 0.5) is 5.69 Å². The van der Waals surface area contributed by atoms with Crippen LogP contribution in [0.5, 0.6) is 5.75 Å². The Morgan fingerprint density at radius 2 is 2.14 bits per heavy atom. The summed E-state index contributed by atoms with van der Waals surface area (Å²) in [5.41, 5.74) is 6.09. The van der Waals surface area contributed by atoms with Crippen molar-refractivity contribution in [2.45, 2.75) is 6.61 Å². The molecule has 2 rings (SSSR count). The molecule has 0 radical (unpaired) electrons. The van der Waals surface area contributed by atoms with E-state index in [0.717, 1.165) is 0 Å². The fourth-order valence-electron chi connectivity index (χ4n) is 1.59. The quantitative estimate of drug-likeness (QED) is 0.476. The molecule has 0 spiro atoms. The molecule has 8 heteroatoms. The van der Waals surface area contributed by atoms with Crippen molar-refractivity contribution in [1.29, 1.82) is 0 Å². The van der Waals surface area contributed by atoms with Crippen LogP contribution in [0.25, 0.3) is 0 Å². The number of aromatic carboxylic acids is 1. The molecule has 1 heterocycles. The molecule has 0 fully saturated rings. The molecule has 22 heavy (non-hydrogen) atoms. The Balaban J connectivity index is 2.05. The van der Waals surface area contributed by atoms with E-state index in [2.05, 4.69) is 4.99 Å². The van der Waals surface area contributed by atoms with Crippen LogP contribution in [-0.2, 0) is 6.61 Å². The molecule has 0 bridgehead atoms. The van der Waals surface area contributed by atoms with Crippen molar-refractivity contribution < 1.29 is 19.1 Å². The van der Waals surface area contributed by atoms with Crippen LogP contribution in [0.3, 0.4) is 0 Å². The van der Waals surface area contributed by atoms with E-state index in [1.807, 2.05) is 0 Å². The molecule has 0 aliphatic rings. The number of hydrogen-bond acceptors (Lipinski definition) is 4. The van der Waals surface area contributed by atoms with E-state index >= 15 is 0 Å². The van der Waals surface area contributed by atoms with Gasteiger partial charge in [0.1, 0.15) is 24.0 Å². The highest BCUT2D eigenvalue weighted by Crippen LogP contribution is 2.29. The fraction of sp³-hybridized carbons (Fsp3) is 0.143. The third-order valence-corrected chi connectivity index (χ3v) is 3.14. The van der Waals surface area contributed by atoms with Crippen LogP contribution in [0, 0.1) is 0 Å². The minimum Gasteiger partial charge on any atom is -0.484 e. The Morgan fingerprint density at radius 1 is 1.36 bits per heavy atom. The van der Waals surface area contributed by atoms with Crippen LogP contribution in [0.2, 0.25) is 5.02 Å². The molecule has 2 aromatic rings. The first-order valence-corrected chi connectivity index (χ1v) is 7.04. The number of halogens is 2. The third-order valence-electron chi connectivity index (χ3n) is 2.57. The number of nitrogens with zero attached hydrogens (tertiary/aromatic N) is 1. The number of carbonyl (C=O) groups is 1. The minimum atomic E-state index is -1.14. The summed E-state index contributed by atoms with van der Waals surface area (Å²) in [6, 6.07) is 7.77. The van der Waals surface area contributed by atoms with Gasteiger partial charge in [0, 0.05) is 0 Å². The zero-order valence-electron chi connectivity index (χ0n) is 11.3. The number of amidine groups is 1. The maximum absolute atomic E-state index is 10.7. The van der Waals surface area contributed by atoms with Crippen molar-refractivity contribution in [3.8, 4) is 5.75 Å². The summed E-state index contributed by atoms with van der Waals surface area (Å²) in [6.45, 7) is 0.0550. The van der Waals surface area contributed by atoms with E-state index < -0.39 is 5.97 Å². The predicted molar refractivity (Wildman–Crippen MR) is 83.5 cm³/mol. The molecule has 0 atom stereocenters. The van der Waals surface area contributed by atoms with Crippen LogP contribution in [-0.4, -0.2) is 22.8 Å². The standard InChI is InChI=1S/C14H12Cl2N2O4/c15-6-13(17)18-8-1-3-11(10(16)5-8)21-7-9-2-4-12(22-9)14(19)20/h1-5H,6-7H2,(H2,17,18)(H,19,20). The number of nitrogens with two attached hydrogens (primary N) is 1. The van der Waals surface area contributed by atoms with Gasteiger partial charge in [-0.3, -0.25) is 0 Å². The van der Waals surface area contributed by atoms with Crippen LogP contribution < -0.4 is 10.5 Å². The number of ether oxygens (including phenoxy) is 1. The van der Waals surface area contributed by atoms with Crippen LogP contribution in [0.1, 0.15) is 16.3 Å². The van der Waals surface area contributed by atoms with Gasteiger partial charge in [0.05, 0.1) is 16.6 Å². The Labute approximate surface area is 136 Å². The first kappa shape index (κ1) is 16.2. The van der Waals surface area contributed by atoms with Gasteiger partial charge in [0.25, 0.3) is 0 Å². The molecule has 3 N–H and O–H groups in total. The number of furan rings is 1. The maximum Gasteiger partial charge on any atom is 0.371 e. The van der Waals surface area contributed by atoms with Gasteiger partial charge in [-0.15, -0.1) is 11.6 Å². The lowest BCUT2D eigenvalue weighted by Gasteiger charge is -2.07. The molecular weight excluding hydrogens is 331 g/mol. The fourth-order valence-corrected chi connectivity index (χ4v) is 1.88. The monoisotopic (exact) mass is 342 g/mol. The number of alkyl halides is 1. The lowest BCUT2D eigenvalue weighted by atomic mass is 10.3. The van der Waals surface area contributed by atoms with Crippen LogP contribution in [0.15, 0.2) is 39.7 Å². The van der Waals surface area contributed by atoms with E-state index in [1.165, 1.54) is 12.1 Å². The first-order chi connectivity index (χ1) is 10.5. The topological polar surface area (TPSA) is 98.1 Å². The molecule has 0 saturated carbocycles. The first-order valence-electron chi connectivity index (χ1n) is 6.13. The van der Waals surface area contributed by atoms with Gasteiger partial charge in [-0.2, -0.15) is 0 Å². The third kappa shape index (κ3) is 4.16. The second kappa shape index (κ2) is 7.20. The Kier molecular flexibility index (Phi) is 5.30. The summed E-state index contributed by atoms with van der Waals surface area (Å²) < 4.78 is 10.6. The van der Waals surface area contributed by atoms with E-state index in [0.29, 0.717) is 22.2 Å².